The van der Waals surface area contributed by atoms with Crippen LogP contribution in [0, 0.1) is 0 Å². The zero-order valence-corrected chi connectivity index (χ0v) is 9.74. The van der Waals surface area contributed by atoms with Gasteiger partial charge in [0.25, 0.3) is 0 Å². The Kier molecular flexibility index (Phi) is 5.97. The van der Waals surface area contributed by atoms with E-state index < -0.39 is 0 Å². The lowest BCUT2D eigenvalue weighted by atomic mass is 10.3. The van der Waals surface area contributed by atoms with Crippen LogP contribution in [0.5, 0.6) is 0 Å². The van der Waals surface area contributed by atoms with Gasteiger partial charge in [0.05, 0.1) is 5.69 Å². The van der Waals surface area contributed by atoms with Gasteiger partial charge in [0.1, 0.15) is 0 Å². The van der Waals surface area contributed by atoms with Crippen LogP contribution < -0.4 is 5.32 Å². The molecule has 3 nitrogen and oxygen atoms in total. The van der Waals surface area contributed by atoms with Crippen LogP contribution in [0.2, 0.25) is 0 Å². The van der Waals surface area contributed by atoms with Crippen molar-refractivity contribution < 1.29 is 0 Å². The second-order valence-corrected chi connectivity index (χ2v) is 3.70. The third-order valence-electron chi connectivity index (χ3n) is 2.33. The topological polar surface area (TPSA) is 28.2 Å². The summed E-state index contributed by atoms with van der Waals surface area (Å²) in [6, 6.07) is 6.09. The third kappa shape index (κ3) is 4.91. The molecule has 0 bridgehead atoms. The van der Waals surface area contributed by atoms with Crippen LogP contribution in [-0.2, 0) is 6.54 Å². The van der Waals surface area contributed by atoms with Gasteiger partial charge in [0.2, 0.25) is 0 Å². The van der Waals surface area contributed by atoms with Crippen molar-refractivity contribution in [3.8, 4) is 0 Å². The van der Waals surface area contributed by atoms with Gasteiger partial charge in [-0.3, -0.25) is 9.88 Å². The van der Waals surface area contributed by atoms with Gasteiger partial charge in [-0.1, -0.05) is 13.0 Å². The highest BCUT2D eigenvalue weighted by atomic mass is 15.1. The van der Waals surface area contributed by atoms with E-state index in [0.717, 1.165) is 31.9 Å². The van der Waals surface area contributed by atoms with Gasteiger partial charge < -0.3 is 5.32 Å². The lowest BCUT2D eigenvalue weighted by Crippen LogP contribution is -2.31. The Bertz CT molecular complexity index is 248. The second-order valence-electron chi connectivity index (χ2n) is 3.70. The van der Waals surface area contributed by atoms with E-state index in [1.807, 2.05) is 25.4 Å². The van der Waals surface area contributed by atoms with E-state index in [1.54, 1.807) is 0 Å². The van der Waals surface area contributed by atoms with Crippen LogP contribution in [0.15, 0.2) is 24.4 Å². The van der Waals surface area contributed by atoms with Crippen LogP contribution in [0.1, 0.15) is 19.0 Å². The molecule has 3 heteroatoms. The highest BCUT2D eigenvalue weighted by Crippen LogP contribution is 2.01. The average molecular weight is 207 g/mol. The first-order valence-electron chi connectivity index (χ1n) is 5.63. The number of nitrogens with zero attached hydrogens (tertiary/aromatic N) is 2. The molecule has 0 radical (unpaired) electrons. The van der Waals surface area contributed by atoms with Gasteiger partial charge in [0, 0.05) is 25.8 Å². The van der Waals surface area contributed by atoms with E-state index in [1.165, 1.54) is 6.42 Å². The molecule has 1 N–H and O–H groups in total. The average Bonchev–Trinajstić information content (AvgIpc) is 2.28. The van der Waals surface area contributed by atoms with E-state index in [0.29, 0.717) is 0 Å². The molecule has 1 heterocycles. The molecule has 1 aromatic rings. The van der Waals surface area contributed by atoms with E-state index in [-0.39, 0.29) is 0 Å². The van der Waals surface area contributed by atoms with Crippen molar-refractivity contribution in [2.24, 2.45) is 0 Å². The maximum Gasteiger partial charge on any atom is 0.0543 e. The Hall–Kier alpha value is -0.930. The van der Waals surface area contributed by atoms with E-state index in [4.69, 9.17) is 0 Å². The third-order valence-corrected chi connectivity index (χ3v) is 2.33. The molecular formula is C12H21N3. The first-order valence-corrected chi connectivity index (χ1v) is 5.63. The van der Waals surface area contributed by atoms with Crippen LogP contribution >= 0.6 is 0 Å². The quantitative estimate of drug-likeness (QED) is 0.734. The molecule has 0 fully saturated rings. The molecule has 1 aromatic heterocycles. The molecule has 1 rings (SSSR count). The van der Waals surface area contributed by atoms with Gasteiger partial charge in [-0.25, -0.2) is 0 Å². The summed E-state index contributed by atoms with van der Waals surface area (Å²) in [6.45, 7) is 6.42. The SMILES string of the molecule is CCCN(CCNC)Cc1ccccn1. The van der Waals surface area contributed by atoms with E-state index >= 15 is 0 Å². The minimum Gasteiger partial charge on any atom is -0.318 e. The van der Waals surface area contributed by atoms with Crippen LogP contribution in [0.3, 0.4) is 0 Å². The highest BCUT2D eigenvalue weighted by Gasteiger charge is 2.04. The van der Waals surface area contributed by atoms with Crippen LogP contribution in [0.25, 0.3) is 0 Å². The molecule has 0 aromatic carbocycles. The number of pyridine rings is 1. The maximum absolute atomic E-state index is 4.35. The van der Waals surface area contributed by atoms with Gasteiger partial charge in [-0.05, 0) is 32.1 Å². The fourth-order valence-corrected chi connectivity index (χ4v) is 1.58. The largest absolute Gasteiger partial charge is 0.318 e. The maximum atomic E-state index is 4.35. The molecule has 15 heavy (non-hydrogen) atoms. The summed E-state index contributed by atoms with van der Waals surface area (Å²) in [5.41, 5.74) is 1.15. The minimum absolute atomic E-state index is 0.955. The zero-order chi connectivity index (χ0) is 10.9. The summed E-state index contributed by atoms with van der Waals surface area (Å²) in [5.74, 6) is 0. The summed E-state index contributed by atoms with van der Waals surface area (Å²) in [5, 5.41) is 3.18. The first-order chi connectivity index (χ1) is 7.36. The number of nitrogens with one attached hydrogen (secondary N) is 1. The molecule has 0 saturated carbocycles. The molecule has 0 aliphatic heterocycles. The standard InChI is InChI=1S/C12H21N3/c1-3-9-15(10-8-13-2)11-12-6-4-5-7-14-12/h4-7,13H,3,8-11H2,1-2H3. The Balaban J connectivity index is 2.43. The first kappa shape index (κ1) is 12.1. The summed E-state index contributed by atoms with van der Waals surface area (Å²) in [4.78, 5) is 6.78. The summed E-state index contributed by atoms with van der Waals surface area (Å²) in [7, 11) is 1.99. The van der Waals surface area contributed by atoms with Crippen molar-refractivity contribution in [3.05, 3.63) is 30.1 Å². The molecule has 84 valence electrons. The van der Waals surface area contributed by atoms with Crippen molar-refractivity contribution in [1.82, 2.24) is 15.2 Å². The van der Waals surface area contributed by atoms with Gasteiger partial charge in [0.15, 0.2) is 0 Å². The molecule has 0 unspecified atom stereocenters. The molecular weight excluding hydrogens is 186 g/mol. The Morgan fingerprint density at radius 3 is 2.80 bits per heavy atom. The van der Waals surface area contributed by atoms with E-state index in [9.17, 15) is 0 Å². The summed E-state index contributed by atoms with van der Waals surface area (Å²) >= 11 is 0. The molecule has 0 amide bonds. The van der Waals surface area contributed by atoms with Crippen LogP contribution in [-0.4, -0.2) is 36.6 Å². The number of aromatic nitrogens is 1. The van der Waals surface area contributed by atoms with Gasteiger partial charge in [-0.15, -0.1) is 0 Å². The van der Waals surface area contributed by atoms with Gasteiger partial charge in [-0.2, -0.15) is 0 Å². The van der Waals surface area contributed by atoms with Crippen molar-refractivity contribution in [3.63, 3.8) is 0 Å². The molecule has 0 atom stereocenters. The predicted octanol–water partition coefficient (Wildman–Crippen LogP) is 1.51. The fourth-order valence-electron chi connectivity index (χ4n) is 1.58. The molecule has 0 aliphatic carbocycles. The number of hydrogen-bond donors (Lipinski definition) is 1. The Morgan fingerprint density at radius 2 is 2.20 bits per heavy atom. The predicted molar refractivity (Wildman–Crippen MR) is 63.7 cm³/mol. The molecule has 0 aliphatic rings. The van der Waals surface area contributed by atoms with Gasteiger partial charge >= 0.3 is 0 Å². The summed E-state index contributed by atoms with van der Waals surface area (Å²) in [6.07, 6.45) is 3.05. The fraction of sp³-hybridized carbons (Fsp3) is 0.583. The van der Waals surface area contributed by atoms with Crippen molar-refractivity contribution >= 4 is 0 Å². The lowest BCUT2D eigenvalue weighted by molar-refractivity contribution is 0.265. The number of likely N-dealkylation sites (N-methyl/N-ethyl adjacent to an activating group) is 1. The lowest BCUT2D eigenvalue weighted by Gasteiger charge is -2.20. The van der Waals surface area contributed by atoms with E-state index in [2.05, 4.69) is 28.2 Å². The molecule has 0 saturated heterocycles. The highest BCUT2D eigenvalue weighted by molar-refractivity contribution is 5.03. The van der Waals surface area contributed by atoms with Crippen molar-refractivity contribution in [2.45, 2.75) is 19.9 Å². The Morgan fingerprint density at radius 1 is 1.33 bits per heavy atom. The van der Waals surface area contributed by atoms with Crippen LogP contribution in [0.4, 0.5) is 0 Å². The van der Waals surface area contributed by atoms with Crippen molar-refractivity contribution in [2.75, 3.05) is 26.7 Å². The monoisotopic (exact) mass is 207 g/mol. The second kappa shape index (κ2) is 7.37. The normalized spacial score (nSPS) is 10.9. The Labute approximate surface area is 92.5 Å². The molecule has 0 spiro atoms. The number of hydrogen-bond acceptors (Lipinski definition) is 3. The smallest absolute Gasteiger partial charge is 0.0543 e. The zero-order valence-electron chi connectivity index (χ0n) is 9.74. The summed E-state index contributed by atoms with van der Waals surface area (Å²) < 4.78 is 0. The minimum atomic E-state index is 0.955. The van der Waals surface area contributed by atoms with Crippen molar-refractivity contribution in [1.29, 1.82) is 0 Å². The number of rotatable bonds is 7.